The number of amides is 2. The molecule has 2 heterocycles. The van der Waals surface area contributed by atoms with E-state index >= 15 is 0 Å². The van der Waals surface area contributed by atoms with E-state index in [1.165, 1.54) is 11.3 Å². The van der Waals surface area contributed by atoms with Gasteiger partial charge in [0.2, 0.25) is 0 Å². The van der Waals surface area contributed by atoms with Gasteiger partial charge in [-0.1, -0.05) is 43.0 Å². The number of aliphatic hydroxyl groups excluding tert-OH is 1. The van der Waals surface area contributed by atoms with Gasteiger partial charge in [0.15, 0.2) is 0 Å². The molecule has 4 rings (SSSR count). The standard InChI is InChI=1S/C33H37N5O3S/c1-22(2)28-13-25(16-34-18-28)17-35-19-30(39)29(14-24-9-6-5-7-10-24)37-32(40)26-11-8-12-27(15-26)33(41)38(4)20-31-36-23(3)21-42-31/h5-13,15-16,18,21,29-30,35,39H,1,14,17,19-20H2,2-4H3,(H,37,40)/t29-,30+/m0/s1. The fraction of sp³-hybridized carbons (Fsp3) is 0.273. The summed E-state index contributed by atoms with van der Waals surface area (Å²) < 4.78 is 0. The average molecular weight is 584 g/mol. The van der Waals surface area contributed by atoms with Crippen LogP contribution >= 0.6 is 11.3 Å². The number of carbonyl (C=O) groups is 2. The summed E-state index contributed by atoms with van der Waals surface area (Å²) in [6.07, 6.45) is 3.12. The van der Waals surface area contributed by atoms with Crippen molar-refractivity contribution in [2.75, 3.05) is 13.6 Å². The monoisotopic (exact) mass is 583 g/mol. The Labute approximate surface area is 251 Å². The zero-order chi connectivity index (χ0) is 30.1. The van der Waals surface area contributed by atoms with Gasteiger partial charge in [-0.05, 0) is 66.8 Å². The van der Waals surface area contributed by atoms with Crippen LogP contribution in [0.5, 0.6) is 0 Å². The van der Waals surface area contributed by atoms with E-state index in [9.17, 15) is 14.7 Å². The van der Waals surface area contributed by atoms with Gasteiger partial charge in [-0.2, -0.15) is 0 Å². The number of carbonyl (C=O) groups excluding carboxylic acids is 2. The summed E-state index contributed by atoms with van der Waals surface area (Å²) in [5.74, 6) is -0.561. The Morgan fingerprint density at radius 3 is 2.50 bits per heavy atom. The fourth-order valence-corrected chi connectivity index (χ4v) is 5.32. The molecule has 42 heavy (non-hydrogen) atoms. The molecular weight excluding hydrogens is 546 g/mol. The molecule has 218 valence electrons. The van der Waals surface area contributed by atoms with Crippen LogP contribution in [0.4, 0.5) is 0 Å². The van der Waals surface area contributed by atoms with Gasteiger partial charge >= 0.3 is 0 Å². The molecule has 2 amide bonds. The molecule has 0 spiro atoms. The van der Waals surface area contributed by atoms with Gasteiger partial charge in [-0.25, -0.2) is 4.98 Å². The fourth-order valence-electron chi connectivity index (χ4n) is 4.49. The molecule has 4 aromatic rings. The SMILES string of the molecule is C=C(C)c1cncc(CNC[C@@H](O)[C@H](Cc2ccccc2)NC(=O)c2cccc(C(=O)N(C)Cc3nc(C)cs3)c2)c1. The molecule has 0 aliphatic carbocycles. The van der Waals surface area contributed by atoms with E-state index in [2.05, 4.69) is 27.2 Å². The Bertz CT molecular complexity index is 1520. The molecule has 0 aliphatic heterocycles. The van der Waals surface area contributed by atoms with E-state index in [1.54, 1.807) is 48.6 Å². The number of pyridine rings is 1. The van der Waals surface area contributed by atoms with Crippen molar-refractivity contribution >= 4 is 28.7 Å². The first-order valence-electron chi connectivity index (χ1n) is 13.8. The predicted octanol–water partition coefficient (Wildman–Crippen LogP) is 4.64. The lowest BCUT2D eigenvalue weighted by atomic mass is 10.00. The molecule has 0 aliphatic rings. The van der Waals surface area contributed by atoms with Gasteiger partial charge in [0, 0.05) is 54.7 Å². The summed E-state index contributed by atoms with van der Waals surface area (Å²) >= 11 is 1.51. The minimum atomic E-state index is -0.871. The lowest BCUT2D eigenvalue weighted by Crippen LogP contribution is -2.48. The van der Waals surface area contributed by atoms with Crippen molar-refractivity contribution in [2.45, 2.75) is 45.5 Å². The molecule has 0 saturated heterocycles. The van der Waals surface area contributed by atoms with E-state index in [0.29, 0.717) is 30.6 Å². The van der Waals surface area contributed by atoms with Gasteiger partial charge < -0.3 is 20.6 Å². The molecule has 0 bridgehead atoms. The Hall–Kier alpha value is -4.18. The zero-order valence-electron chi connectivity index (χ0n) is 24.2. The van der Waals surface area contributed by atoms with Crippen LogP contribution in [0, 0.1) is 6.92 Å². The number of aromatic nitrogens is 2. The van der Waals surface area contributed by atoms with Gasteiger partial charge in [0.1, 0.15) is 5.01 Å². The van der Waals surface area contributed by atoms with Crippen LogP contribution in [0.1, 0.15) is 55.0 Å². The summed E-state index contributed by atoms with van der Waals surface area (Å²) in [7, 11) is 1.72. The molecule has 2 aromatic carbocycles. The van der Waals surface area contributed by atoms with E-state index in [-0.39, 0.29) is 18.4 Å². The highest BCUT2D eigenvalue weighted by atomic mass is 32.1. The number of benzene rings is 2. The first kappa shape index (κ1) is 30.8. The topological polar surface area (TPSA) is 107 Å². The molecule has 0 fully saturated rings. The Balaban J connectivity index is 1.42. The molecule has 9 heteroatoms. The van der Waals surface area contributed by atoms with Crippen LogP contribution in [-0.2, 0) is 19.5 Å². The van der Waals surface area contributed by atoms with Crippen LogP contribution in [-0.4, -0.2) is 57.5 Å². The highest BCUT2D eigenvalue weighted by Gasteiger charge is 2.23. The highest BCUT2D eigenvalue weighted by Crippen LogP contribution is 2.15. The number of aliphatic hydroxyl groups is 1. The Kier molecular flexibility index (Phi) is 10.7. The summed E-state index contributed by atoms with van der Waals surface area (Å²) in [6.45, 7) is 8.98. The zero-order valence-corrected chi connectivity index (χ0v) is 25.0. The number of hydrogen-bond acceptors (Lipinski definition) is 7. The molecule has 0 saturated carbocycles. The van der Waals surface area contributed by atoms with Crippen LogP contribution in [0.2, 0.25) is 0 Å². The van der Waals surface area contributed by atoms with E-state index in [0.717, 1.165) is 33.0 Å². The van der Waals surface area contributed by atoms with Crippen LogP contribution in [0.3, 0.4) is 0 Å². The van der Waals surface area contributed by atoms with Crippen molar-refractivity contribution in [1.82, 2.24) is 25.5 Å². The van der Waals surface area contributed by atoms with Gasteiger partial charge in [-0.3, -0.25) is 14.6 Å². The predicted molar refractivity (Wildman–Crippen MR) is 167 cm³/mol. The minimum Gasteiger partial charge on any atom is -0.390 e. The number of rotatable bonds is 13. The smallest absolute Gasteiger partial charge is 0.253 e. The molecule has 3 N–H and O–H groups in total. The summed E-state index contributed by atoms with van der Waals surface area (Å²) in [6, 6.07) is 17.8. The molecule has 0 radical (unpaired) electrons. The molecule has 8 nitrogen and oxygen atoms in total. The second-order valence-corrected chi connectivity index (χ2v) is 11.4. The number of nitrogens with one attached hydrogen (secondary N) is 2. The first-order chi connectivity index (χ1) is 20.2. The number of nitrogens with zero attached hydrogens (tertiary/aromatic N) is 3. The van der Waals surface area contributed by atoms with Crippen LogP contribution in [0.25, 0.3) is 5.57 Å². The summed E-state index contributed by atoms with van der Waals surface area (Å²) in [5.41, 5.74) is 5.54. The Morgan fingerprint density at radius 1 is 1.02 bits per heavy atom. The van der Waals surface area contributed by atoms with E-state index in [4.69, 9.17) is 0 Å². The van der Waals surface area contributed by atoms with Gasteiger partial charge in [0.05, 0.1) is 18.7 Å². The summed E-state index contributed by atoms with van der Waals surface area (Å²) in [5, 5.41) is 20.3. The van der Waals surface area contributed by atoms with Crippen molar-refractivity contribution in [3.8, 4) is 0 Å². The summed E-state index contributed by atoms with van der Waals surface area (Å²) in [4.78, 5) is 36.8. The quantitative estimate of drug-likeness (QED) is 0.212. The van der Waals surface area contributed by atoms with Crippen molar-refractivity contribution in [3.05, 3.63) is 124 Å². The normalized spacial score (nSPS) is 12.4. The lowest BCUT2D eigenvalue weighted by Gasteiger charge is -2.25. The van der Waals surface area contributed by atoms with E-state index < -0.39 is 12.1 Å². The number of thiazole rings is 1. The number of allylic oxidation sites excluding steroid dienone is 1. The maximum absolute atomic E-state index is 13.4. The molecule has 2 aromatic heterocycles. The van der Waals surface area contributed by atoms with Crippen molar-refractivity contribution < 1.29 is 14.7 Å². The molecular formula is C33H37N5O3S. The molecule has 0 unspecified atom stereocenters. The van der Waals surface area contributed by atoms with Gasteiger partial charge in [-0.15, -0.1) is 11.3 Å². The van der Waals surface area contributed by atoms with Crippen molar-refractivity contribution in [3.63, 3.8) is 0 Å². The second kappa shape index (κ2) is 14.6. The van der Waals surface area contributed by atoms with Crippen LogP contribution < -0.4 is 10.6 Å². The number of hydrogen-bond donors (Lipinski definition) is 3. The lowest BCUT2D eigenvalue weighted by molar-refractivity contribution is 0.0784. The Morgan fingerprint density at radius 2 is 1.79 bits per heavy atom. The average Bonchev–Trinajstić information content (AvgIpc) is 3.41. The largest absolute Gasteiger partial charge is 0.390 e. The minimum absolute atomic E-state index is 0.201. The van der Waals surface area contributed by atoms with E-state index in [1.807, 2.05) is 55.6 Å². The first-order valence-corrected chi connectivity index (χ1v) is 14.7. The van der Waals surface area contributed by atoms with Gasteiger partial charge in [0.25, 0.3) is 11.8 Å². The maximum Gasteiger partial charge on any atom is 0.253 e. The molecule has 2 atom stereocenters. The van der Waals surface area contributed by atoms with Crippen LogP contribution in [0.15, 0.2) is 85.0 Å². The second-order valence-electron chi connectivity index (χ2n) is 10.5. The maximum atomic E-state index is 13.4. The third kappa shape index (κ3) is 8.66. The third-order valence-corrected chi connectivity index (χ3v) is 7.76. The van der Waals surface area contributed by atoms with Crippen molar-refractivity contribution in [1.29, 1.82) is 0 Å². The third-order valence-electron chi connectivity index (χ3n) is 6.81. The highest BCUT2D eigenvalue weighted by molar-refractivity contribution is 7.09. The number of aryl methyl sites for hydroxylation is 1. The van der Waals surface area contributed by atoms with Crippen molar-refractivity contribution in [2.24, 2.45) is 0 Å².